The minimum absolute atomic E-state index is 0.423. The van der Waals surface area contributed by atoms with E-state index in [2.05, 4.69) is 12.2 Å². The molecule has 0 bridgehead atoms. The first-order valence-corrected chi connectivity index (χ1v) is 8.87. The van der Waals surface area contributed by atoms with E-state index >= 15 is 0 Å². The maximum absolute atomic E-state index is 5.16. The molecule has 3 nitrogen and oxygen atoms in total. The fourth-order valence-electron chi connectivity index (χ4n) is 2.77. The van der Waals surface area contributed by atoms with Gasteiger partial charge in [0, 0.05) is 18.5 Å². The molecular weight excluding hydrogens is 268 g/mol. The van der Waals surface area contributed by atoms with Crippen LogP contribution in [0.4, 0.5) is 0 Å². The van der Waals surface area contributed by atoms with Gasteiger partial charge in [0.05, 0.1) is 18.3 Å². The maximum atomic E-state index is 5.16. The fraction of sp³-hybridized carbons (Fsp3) is 0.812. The van der Waals surface area contributed by atoms with Crippen molar-refractivity contribution in [3.05, 3.63) is 15.6 Å². The second-order valence-electron chi connectivity index (χ2n) is 5.62. The molecule has 0 saturated heterocycles. The number of fused-ring (bicyclic) bond motifs is 1. The van der Waals surface area contributed by atoms with Gasteiger partial charge in [-0.15, -0.1) is 11.3 Å². The van der Waals surface area contributed by atoms with E-state index in [4.69, 9.17) is 9.72 Å². The second kappa shape index (κ2) is 8.75. The molecule has 1 aromatic heterocycles. The van der Waals surface area contributed by atoms with Crippen LogP contribution in [0.15, 0.2) is 0 Å². The number of aromatic nitrogens is 1. The predicted octanol–water partition coefficient (Wildman–Crippen LogP) is 3.88. The Morgan fingerprint density at radius 3 is 2.90 bits per heavy atom. The Hall–Kier alpha value is -0.450. The lowest BCUT2D eigenvalue weighted by Gasteiger charge is -2.16. The van der Waals surface area contributed by atoms with Crippen molar-refractivity contribution >= 4 is 11.3 Å². The lowest BCUT2D eigenvalue weighted by molar-refractivity contribution is 0.195. The third-order valence-corrected chi connectivity index (χ3v) is 5.22. The minimum Gasteiger partial charge on any atom is -0.383 e. The molecule has 0 amide bonds. The van der Waals surface area contributed by atoms with Gasteiger partial charge in [-0.2, -0.15) is 0 Å². The van der Waals surface area contributed by atoms with Gasteiger partial charge in [-0.1, -0.05) is 26.2 Å². The van der Waals surface area contributed by atoms with Crippen molar-refractivity contribution in [2.24, 2.45) is 0 Å². The summed E-state index contributed by atoms with van der Waals surface area (Å²) in [5, 5.41) is 4.94. The van der Waals surface area contributed by atoms with Crippen LogP contribution < -0.4 is 5.32 Å². The molecule has 0 aliphatic heterocycles. The Labute approximate surface area is 127 Å². The zero-order chi connectivity index (χ0) is 14.2. The van der Waals surface area contributed by atoms with Gasteiger partial charge in [0.25, 0.3) is 0 Å². The lowest BCUT2D eigenvalue weighted by Crippen LogP contribution is -2.25. The number of rotatable bonds is 9. The standard InChI is InChI=1S/C16H28N2OS/c1-3-4-5-9-14(17-11-12-19-2)16-18-13-8-6-7-10-15(13)20-16/h14,17H,3-12H2,1-2H3. The Morgan fingerprint density at radius 1 is 1.30 bits per heavy atom. The van der Waals surface area contributed by atoms with E-state index in [0.29, 0.717) is 6.04 Å². The highest BCUT2D eigenvalue weighted by molar-refractivity contribution is 7.11. The molecule has 20 heavy (non-hydrogen) atoms. The Morgan fingerprint density at radius 2 is 2.15 bits per heavy atom. The maximum Gasteiger partial charge on any atom is 0.110 e. The van der Waals surface area contributed by atoms with E-state index in [-0.39, 0.29) is 0 Å². The van der Waals surface area contributed by atoms with Crippen molar-refractivity contribution in [2.45, 2.75) is 64.3 Å². The summed E-state index contributed by atoms with van der Waals surface area (Å²) in [5.41, 5.74) is 1.38. The first kappa shape index (κ1) is 15.9. The van der Waals surface area contributed by atoms with Crippen molar-refractivity contribution in [3.63, 3.8) is 0 Å². The summed E-state index contributed by atoms with van der Waals surface area (Å²) in [5.74, 6) is 0. The summed E-state index contributed by atoms with van der Waals surface area (Å²) in [6.07, 6.45) is 10.2. The topological polar surface area (TPSA) is 34.1 Å². The molecule has 1 atom stereocenters. The summed E-state index contributed by atoms with van der Waals surface area (Å²) in [6.45, 7) is 3.95. The van der Waals surface area contributed by atoms with E-state index in [1.807, 2.05) is 11.3 Å². The van der Waals surface area contributed by atoms with Crippen LogP contribution in [0.1, 0.15) is 67.1 Å². The van der Waals surface area contributed by atoms with Crippen molar-refractivity contribution in [3.8, 4) is 0 Å². The molecule has 1 N–H and O–H groups in total. The van der Waals surface area contributed by atoms with Crippen LogP contribution in [0.2, 0.25) is 0 Å². The Kier molecular flexibility index (Phi) is 6.97. The molecule has 4 heteroatoms. The van der Waals surface area contributed by atoms with E-state index in [0.717, 1.165) is 13.2 Å². The summed E-state index contributed by atoms with van der Waals surface area (Å²) in [6, 6.07) is 0.423. The summed E-state index contributed by atoms with van der Waals surface area (Å²) >= 11 is 1.95. The number of hydrogen-bond acceptors (Lipinski definition) is 4. The molecule has 0 aromatic carbocycles. The molecule has 1 unspecified atom stereocenters. The quantitative estimate of drug-likeness (QED) is 0.702. The first-order valence-electron chi connectivity index (χ1n) is 8.06. The fourth-order valence-corrected chi connectivity index (χ4v) is 4.03. The highest BCUT2D eigenvalue weighted by atomic mass is 32.1. The van der Waals surface area contributed by atoms with Crippen LogP contribution in [0.5, 0.6) is 0 Å². The number of nitrogens with one attached hydrogen (secondary N) is 1. The number of thiazole rings is 1. The van der Waals surface area contributed by atoms with Gasteiger partial charge < -0.3 is 10.1 Å². The molecule has 0 radical (unpaired) electrons. The molecule has 0 spiro atoms. The van der Waals surface area contributed by atoms with Gasteiger partial charge in [-0.25, -0.2) is 4.98 Å². The smallest absolute Gasteiger partial charge is 0.110 e. The minimum atomic E-state index is 0.423. The molecular formula is C16H28N2OS. The molecule has 1 aromatic rings. The normalized spacial score (nSPS) is 16.1. The summed E-state index contributed by atoms with van der Waals surface area (Å²) in [4.78, 5) is 6.47. The number of methoxy groups -OCH3 is 1. The Balaban J connectivity index is 1.98. The van der Waals surface area contributed by atoms with Crippen LogP contribution in [0.3, 0.4) is 0 Å². The monoisotopic (exact) mass is 296 g/mol. The van der Waals surface area contributed by atoms with E-state index in [1.165, 1.54) is 62.1 Å². The van der Waals surface area contributed by atoms with Crippen LogP contribution in [0.25, 0.3) is 0 Å². The highest BCUT2D eigenvalue weighted by Gasteiger charge is 2.20. The van der Waals surface area contributed by atoms with Gasteiger partial charge in [0.15, 0.2) is 0 Å². The number of aryl methyl sites for hydroxylation is 2. The number of nitrogens with zero attached hydrogens (tertiary/aromatic N) is 1. The van der Waals surface area contributed by atoms with Gasteiger partial charge in [0.1, 0.15) is 5.01 Å². The first-order chi connectivity index (χ1) is 9.85. The lowest BCUT2D eigenvalue weighted by atomic mass is 10.0. The SMILES string of the molecule is CCCCCC(NCCOC)c1nc2c(s1)CCCC2. The molecule has 0 fully saturated rings. The van der Waals surface area contributed by atoms with Crippen LogP contribution in [-0.4, -0.2) is 25.2 Å². The van der Waals surface area contributed by atoms with Crippen molar-refractivity contribution in [1.29, 1.82) is 0 Å². The Bertz CT molecular complexity index is 358. The largest absolute Gasteiger partial charge is 0.383 e. The van der Waals surface area contributed by atoms with E-state index in [9.17, 15) is 0 Å². The zero-order valence-electron chi connectivity index (χ0n) is 12.9. The van der Waals surface area contributed by atoms with E-state index < -0.39 is 0 Å². The van der Waals surface area contributed by atoms with E-state index in [1.54, 1.807) is 12.0 Å². The molecule has 1 heterocycles. The third kappa shape index (κ3) is 4.54. The molecule has 1 aliphatic carbocycles. The van der Waals surface area contributed by atoms with Gasteiger partial charge in [-0.05, 0) is 32.1 Å². The highest BCUT2D eigenvalue weighted by Crippen LogP contribution is 2.31. The van der Waals surface area contributed by atoms with Gasteiger partial charge in [-0.3, -0.25) is 0 Å². The second-order valence-corrected chi connectivity index (χ2v) is 6.74. The van der Waals surface area contributed by atoms with Crippen molar-refractivity contribution in [2.75, 3.05) is 20.3 Å². The molecule has 2 rings (SSSR count). The predicted molar refractivity (Wildman–Crippen MR) is 85.5 cm³/mol. The number of unbranched alkanes of at least 4 members (excludes halogenated alkanes) is 2. The molecule has 114 valence electrons. The van der Waals surface area contributed by atoms with Gasteiger partial charge in [0.2, 0.25) is 0 Å². The van der Waals surface area contributed by atoms with Crippen LogP contribution in [0, 0.1) is 0 Å². The summed E-state index contributed by atoms with van der Waals surface area (Å²) in [7, 11) is 1.76. The number of hydrogen-bond donors (Lipinski definition) is 1. The van der Waals surface area contributed by atoms with Gasteiger partial charge >= 0.3 is 0 Å². The molecule has 0 saturated carbocycles. The van der Waals surface area contributed by atoms with Crippen LogP contribution in [-0.2, 0) is 17.6 Å². The average Bonchev–Trinajstić information content (AvgIpc) is 2.89. The van der Waals surface area contributed by atoms with Crippen LogP contribution >= 0.6 is 11.3 Å². The average molecular weight is 296 g/mol. The van der Waals surface area contributed by atoms with Crippen molar-refractivity contribution in [1.82, 2.24) is 10.3 Å². The molecule has 1 aliphatic rings. The van der Waals surface area contributed by atoms with Crippen molar-refractivity contribution < 1.29 is 4.74 Å². The zero-order valence-corrected chi connectivity index (χ0v) is 13.7. The summed E-state index contributed by atoms with van der Waals surface area (Å²) < 4.78 is 5.16. The number of ether oxygens (including phenoxy) is 1. The third-order valence-electron chi connectivity index (χ3n) is 3.95.